The Morgan fingerprint density at radius 1 is 1.18 bits per heavy atom. The molecule has 1 fully saturated rings. The van der Waals surface area contributed by atoms with Crippen LogP contribution in [0, 0.1) is 5.92 Å². The molecule has 0 bridgehead atoms. The van der Waals surface area contributed by atoms with Gasteiger partial charge in [0, 0.05) is 35.6 Å². The Bertz CT molecular complexity index is 1060. The second-order valence-corrected chi connectivity index (χ2v) is 7.65. The number of hydrogen-bond donors (Lipinski definition) is 1. The maximum atomic E-state index is 6.12. The second kappa shape index (κ2) is 7.78. The Hall–Kier alpha value is -2.63. The largest absolute Gasteiger partial charge is 0.371 e. The van der Waals surface area contributed by atoms with Crippen LogP contribution in [0.2, 0.25) is 10.0 Å². The van der Waals surface area contributed by atoms with Crippen LogP contribution < -0.4 is 5.32 Å². The molecule has 0 radical (unpaired) electrons. The first-order valence-corrected chi connectivity index (χ1v) is 9.67. The van der Waals surface area contributed by atoms with Crippen molar-refractivity contribution < 1.29 is 0 Å². The molecule has 28 heavy (non-hydrogen) atoms. The molecular formula is C21H19Cl2N5. The molecule has 3 heterocycles. The summed E-state index contributed by atoms with van der Waals surface area (Å²) >= 11 is 12.1. The Labute approximate surface area is 173 Å². The lowest BCUT2D eigenvalue weighted by Gasteiger charge is -2.41. The van der Waals surface area contributed by atoms with Crippen molar-refractivity contribution in [3.63, 3.8) is 0 Å². The molecule has 0 saturated carbocycles. The van der Waals surface area contributed by atoms with Gasteiger partial charge in [0.25, 0.3) is 0 Å². The molecule has 7 heteroatoms. The molecule has 3 aromatic rings. The van der Waals surface area contributed by atoms with Crippen molar-refractivity contribution in [2.75, 3.05) is 18.4 Å². The van der Waals surface area contributed by atoms with Crippen LogP contribution in [-0.2, 0) is 6.42 Å². The van der Waals surface area contributed by atoms with E-state index in [1.165, 1.54) is 6.33 Å². The minimum absolute atomic E-state index is 0.489. The SMILES string of the molecule is C=CC(=C)N1CC(Cc2cc3c(Nc4ccc(Cl)c(Cl)c4)ncnc3cn2)C1. The summed E-state index contributed by atoms with van der Waals surface area (Å²) in [5.41, 5.74) is 3.60. The maximum Gasteiger partial charge on any atom is 0.141 e. The van der Waals surface area contributed by atoms with Crippen molar-refractivity contribution in [3.8, 4) is 0 Å². The highest BCUT2D eigenvalue weighted by Crippen LogP contribution is 2.29. The number of anilines is 2. The summed E-state index contributed by atoms with van der Waals surface area (Å²) in [4.78, 5) is 15.5. The monoisotopic (exact) mass is 411 g/mol. The Kier molecular flexibility index (Phi) is 5.20. The zero-order valence-electron chi connectivity index (χ0n) is 15.2. The molecule has 1 N–H and O–H groups in total. The fourth-order valence-corrected chi connectivity index (χ4v) is 3.58. The summed E-state index contributed by atoms with van der Waals surface area (Å²) in [7, 11) is 0. The maximum absolute atomic E-state index is 6.12. The Balaban J connectivity index is 1.55. The van der Waals surface area contributed by atoms with Crippen molar-refractivity contribution in [1.29, 1.82) is 0 Å². The molecule has 4 rings (SSSR count). The van der Waals surface area contributed by atoms with Crippen LogP contribution in [-0.4, -0.2) is 32.9 Å². The number of benzene rings is 1. The summed E-state index contributed by atoms with van der Waals surface area (Å²) < 4.78 is 0. The van der Waals surface area contributed by atoms with Crippen LogP contribution in [0.4, 0.5) is 11.5 Å². The smallest absolute Gasteiger partial charge is 0.141 e. The van der Waals surface area contributed by atoms with Gasteiger partial charge < -0.3 is 10.2 Å². The third-order valence-electron chi connectivity index (χ3n) is 4.86. The van der Waals surface area contributed by atoms with Gasteiger partial charge in [-0.2, -0.15) is 0 Å². The zero-order chi connectivity index (χ0) is 19.7. The van der Waals surface area contributed by atoms with Crippen molar-refractivity contribution >= 4 is 45.6 Å². The second-order valence-electron chi connectivity index (χ2n) is 6.84. The molecule has 5 nitrogen and oxygen atoms in total. The van der Waals surface area contributed by atoms with Gasteiger partial charge >= 0.3 is 0 Å². The van der Waals surface area contributed by atoms with E-state index < -0.39 is 0 Å². The molecule has 0 atom stereocenters. The number of hydrogen-bond acceptors (Lipinski definition) is 5. The van der Waals surface area contributed by atoms with Crippen molar-refractivity contribution in [2.24, 2.45) is 5.92 Å². The molecule has 0 spiro atoms. The van der Waals surface area contributed by atoms with Gasteiger partial charge in [-0.25, -0.2) is 9.97 Å². The fourth-order valence-electron chi connectivity index (χ4n) is 3.28. The van der Waals surface area contributed by atoms with Crippen LogP contribution in [0.5, 0.6) is 0 Å². The van der Waals surface area contributed by atoms with Crippen LogP contribution in [0.3, 0.4) is 0 Å². The first-order valence-electron chi connectivity index (χ1n) is 8.91. The van der Waals surface area contributed by atoms with Gasteiger partial charge in [-0.1, -0.05) is 36.4 Å². The summed E-state index contributed by atoms with van der Waals surface area (Å²) in [6.07, 6.45) is 6.01. The molecule has 1 saturated heterocycles. The van der Waals surface area contributed by atoms with Gasteiger partial charge in [-0.05, 0) is 42.7 Å². The third-order valence-corrected chi connectivity index (χ3v) is 5.60. The highest BCUT2D eigenvalue weighted by molar-refractivity contribution is 6.42. The number of nitrogens with one attached hydrogen (secondary N) is 1. The minimum atomic E-state index is 0.489. The minimum Gasteiger partial charge on any atom is -0.371 e. The number of rotatable bonds is 6. The molecule has 1 aromatic carbocycles. The van der Waals surface area contributed by atoms with Gasteiger partial charge in [-0.3, -0.25) is 4.98 Å². The molecule has 2 aromatic heterocycles. The van der Waals surface area contributed by atoms with Gasteiger partial charge in [0.15, 0.2) is 0 Å². The number of aromatic nitrogens is 3. The van der Waals surface area contributed by atoms with E-state index in [0.29, 0.717) is 21.8 Å². The van der Waals surface area contributed by atoms with Gasteiger partial charge in [0.1, 0.15) is 12.1 Å². The van der Waals surface area contributed by atoms with Gasteiger partial charge in [0.05, 0.1) is 21.8 Å². The zero-order valence-corrected chi connectivity index (χ0v) is 16.7. The highest BCUT2D eigenvalue weighted by atomic mass is 35.5. The highest BCUT2D eigenvalue weighted by Gasteiger charge is 2.27. The molecular weight excluding hydrogens is 393 g/mol. The fraction of sp³-hybridized carbons (Fsp3) is 0.190. The Morgan fingerprint density at radius 2 is 2.00 bits per heavy atom. The molecule has 1 aliphatic rings. The summed E-state index contributed by atoms with van der Waals surface area (Å²) in [5, 5.41) is 5.22. The number of halogens is 2. The van der Waals surface area contributed by atoms with Crippen molar-refractivity contribution in [3.05, 3.63) is 77.5 Å². The van der Waals surface area contributed by atoms with E-state index in [2.05, 4.69) is 44.4 Å². The molecule has 1 aliphatic heterocycles. The Morgan fingerprint density at radius 3 is 2.75 bits per heavy atom. The van der Waals surface area contributed by atoms with E-state index in [-0.39, 0.29) is 0 Å². The van der Waals surface area contributed by atoms with E-state index in [4.69, 9.17) is 23.2 Å². The summed E-state index contributed by atoms with van der Waals surface area (Å²) in [6.45, 7) is 9.71. The predicted molar refractivity (Wildman–Crippen MR) is 115 cm³/mol. The van der Waals surface area contributed by atoms with E-state index in [0.717, 1.165) is 47.5 Å². The normalized spacial score (nSPS) is 14.0. The van der Waals surface area contributed by atoms with Crippen molar-refractivity contribution in [2.45, 2.75) is 6.42 Å². The number of nitrogens with zero attached hydrogens (tertiary/aromatic N) is 4. The summed E-state index contributed by atoms with van der Waals surface area (Å²) in [5.74, 6) is 1.26. The lowest BCUT2D eigenvalue weighted by molar-refractivity contribution is 0.148. The van der Waals surface area contributed by atoms with E-state index in [9.17, 15) is 0 Å². The average Bonchev–Trinajstić information content (AvgIpc) is 2.67. The standard InChI is InChI=1S/C21H19Cl2N5/c1-3-13(2)28-10-14(11-28)6-16-7-17-20(9-24-16)25-12-26-21(17)27-15-4-5-18(22)19(23)8-15/h3-5,7-9,12,14H,1-2,6,10-11H2,(H,25,26,27). The van der Waals surface area contributed by atoms with Crippen molar-refractivity contribution in [1.82, 2.24) is 19.9 Å². The van der Waals surface area contributed by atoms with Gasteiger partial charge in [0.2, 0.25) is 0 Å². The quantitative estimate of drug-likeness (QED) is 0.561. The predicted octanol–water partition coefficient (Wildman–Crippen LogP) is 5.25. The third kappa shape index (κ3) is 3.81. The van der Waals surface area contributed by atoms with E-state index in [1.807, 2.05) is 6.07 Å². The van der Waals surface area contributed by atoms with Gasteiger partial charge in [-0.15, -0.1) is 0 Å². The lowest BCUT2D eigenvalue weighted by Crippen LogP contribution is -2.46. The average molecular weight is 412 g/mol. The molecule has 0 amide bonds. The van der Waals surface area contributed by atoms with E-state index in [1.54, 1.807) is 24.4 Å². The first kappa shape index (κ1) is 18.7. The number of likely N-dealkylation sites (tertiary alicyclic amines) is 1. The van der Waals surface area contributed by atoms with Crippen LogP contribution in [0.25, 0.3) is 10.9 Å². The molecule has 142 valence electrons. The first-order chi connectivity index (χ1) is 13.5. The topological polar surface area (TPSA) is 53.9 Å². The number of pyridine rings is 1. The van der Waals surface area contributed by atoms with Crippen LogP contribution in [0.1, 0.15) is 5.69 Å². The van der Waals surface area contributed by atoms with Crippen LogP contribution >= 0.6 is 23.2 Å². The molecule has 0 aliphatic carbocycles. The lowest BCUT2D eigenvalue weighted by atomic mass is 9.93. The number of allylic oxidation sites excluding steroid dienone is 1. The summed E-state index contributed by atoms with van der Waals surface area (Å²) in [6, 6.07) is 7.44. The van der Waals surface area contributed by atoms with Crippen LogP contribution in [0.15, 0.2) is 61.7 Å². The molecule has 0 unspecified atom stereocenters. The van der Waals surface area contributed by atoms with E-state index >= 15 is 0 Å². The number of fused-ring (bicyclic) bond motifs is 1.